The van der Waals surface area contributed by atoms with Crippen LogP contribution in [0.1, 0.15) is 68.6 Å². The Morgan fingerprint density at radius 3 is 2.26 bits per heavy atom. The quantitative estimate of drug-likeness (QED) is 0.207. The van der Waals surface area contributed by atoms with E-state index < -0.39 is 21.6 Å². The van der Waals surface area contributed by atoms with Gasteiger partial charge in [0.05, 0.1) is 11.0 Å². The number of nitriles is 1. The van der Waals surface area contributed by atoms with E-state index in [1.165, 1.54) is 0 Å². The van der Waals surface area contributed by atoms with Crippen molar-refractivity contribution in [1.29, 1.82) is 5.26 Å². The second-order valence-electron chi connectivity index (χ2n) is 13.6. The van der Waals surface area contributed by atoms with Crippen LogP contribution in [0.4, 0.5) is 11.4 Å². The zero-order valence-electron chi connectivity index (χ0n) is 29.6. The molecule has 1 atom stereocenters. The van der Waals surface area contributed by atoms with Crippen LogP contribution >= 0.6 is 0 Å². The Hall–Kier alpha value is -4.18. The minimum atomic E-state index is -3.77. The number of unbranched alkanes of at least 4 members (excludes halogenated alkanes) is 1. The zero-order valence-corrected chi connectivity index (χ0v) is 30.4. The molecule has 1 heterocycles. The summed E-state index contributed by atoms with van der Waals surface area (Å²) in [5.41, 5.74) is 1.43. The first-order valence-electron chi connectivity index (χ1n) is 17.9. The van der Waals surface area contributed by atoms with Gasteiger partial charge in [-0.15, -0.1) is 0 Å². The standard InChI is InChI=1S/C38H51N7O4S/c1-4-44-24-26-45(27-25-44)31-19-17-29(18-20-31)36(46)42-38(21-7-5-8-22-38)37(47)41-30(28-39)12-6-9-23-40-50(48,49)35-16-11-13-32-33(35)14-10-15-34(32)43(2)3/h10-11,13-20,30,40H,4-9,12,21-27H2,1-3H3,(H,41,47)(H,42,46)/t30-/m0/s1. The number of anilines is 2. The average Bonchev–Trinajstić information content (AvgIpc) is 3.13. The van der Waals surface area contributed by atoms with Gasteiger partial charge < -0.3 is 25.3 Å². The van der Waals surface area contributed by atoms with Gasteiger partial charge in [0.2, 0.25) is 15.9 Å². The summed E-state index contributed by atoms with van der Waals surface area (Å²) in [6.45, 7) is 7.35. The van der Waals surface area contributed by atoms with Gasteiger partial charge in [-0.1, -0.05) is 50.5 Å². The number of sulfonamides is 1. The van der Waals surface area contributed by atoms with Crippen molar-refractivity contribution < 1.29 is 18.0 Å². The Balaban J connectivity index is 1.14. The maximum Gasteiger partial charge on any atom is 0.252 e. The zero-order chi connectivity index (χ0) is 35.7. The van der Waals surface area contributed by atoms with Gasteiger partial charge in [0.1, 0.15) is 11.6 Å². The van der Waals surface area contributed by atoms with Crippen molar-refractivity contribution >= 4 is 44.0 Å². The van der Waals surface area contributed by atoms with E-state index in [9.17, 15) is 23.3 Å². The molecule has 268 valence electrons. The topological polar surface area (TPSA) is 138 Å². The molecule has 0 bridgehead atoms. The number of rotatable bonds is 14. The van der Waals surface area contributed by atoms with E-state index >= 15 is 0 Å². The largest absolute Gasteiger partial charge is 0.377 e. The van der Waals surface area contributed by atoms with Crippen LogP contribution in [0.5, 0.6) is 0 Å². The van der Waals surface area contributed by atoms with Crippen molar-refractivity contribution in [3.63, 3.8) is 0 Å². The summed E-state index contributed by atoms with van der Waals surface area (Å²) >= 11 is 0. The first kappa shape index (κ1) is 37.1. The number of nitrogens with zero attached hydrogens (tertiary/aromatic N) is 4. The third-order valence-corrected chi connectivity index (χ3v) is 11.6. The molecule has 3 N–H and O–H groups in total. The molecule has 50 heavy (non-hydrogen) atoms. The van der Waals surface area contributed by atoms with Crippen LogP contribution in [0.2, 0.25) is 0 Å². The van der Waals surface area contributed by atoms with Crippen LogP contribution in [0.25, 0.3) is 10.8 Å². The maximum absolute atomic E-state index is 13.7. The van der Waals surface area contributed by atoms with E-state index in [0.717, 1.165) is 68.7 Å². The molecule has 3 aromatic carbocycles. The average molecular weight is 702 g/mol. The number of hydrogen-bond acceptors (Lipinski definition) is 8. The molecule has 5 rings (SSSR count). The summed E-state index contributed by atoms with van der Waals surface area (Å²) in [7, 11) is 0.0737. The number of likely N-dealkylation sites (N-methyl/N-ethyl adjacent to an activating group) is 1. The molecule has 1 aliphatic heterocycles. The van der Waals surface area contributed by atoms with Gasteiger partial charge >= 0.3 is 0 Å². The van der Waals surface area contributed by atoms with E-state index in [1.807, 2.05) is 67.5 Å². The number of carbonyl (C=O) groups excluding carboxylic acids is 2. The normalized spacial score (nSPS) is 17.1. The minimum Gasteiger partial charge on any atom is -0.377 e. The Morgan fingerprint density at radius 2 is 1.60 bits per heavy atom. The highest BCUT2D eigenvalue weighted by Gasteiger charge is 2.41. The van der Waals surface area contributed by atoms with Gasteiger partial charge in [-0.25, -0.2) is 13.1 Å². The van der Waals surface area contributed by atoms with E-state index in [2.05, 4.69) is 38.1 Å². The molecule has 1 saturated heterocycles. The molecule has 1 aliphatic carbocycles. The lowest BCUT2D eigenvalue weighted by molar-refractivity contribution is -0.129. The third-order valence-electron chi connectivity index (χ3n) is 10.1. The van der Waals surface area contributed by atoms with Gasteiger partial charge in [0.25, 0.3) is 5.91 Å². The van der Waals surface area contributed by atoms with Gasteiger partial charge in [-0.2, -0.15) is 5.26 Å². The second-order valence-corrected chi connectivity index (χ2v) is 15.4. The molecule has 2 amide bonds. The predicted octanol–water partition coefficient (Wildman–Crippen LogP) is 4.64. The molecule has 3 aromatic rings. The smallest absolute Gasteiger partial charge is 0.252 e. The van der Waals surface area contributed by atoms with E-state index in [4.69, 9.17) is 0 Å². The Kier molecular flexibility index (Phi) is 12.4. The van der Waals surface area contributed by atoms with Crippen molar-refractivity contribution in [2.75, 3.05) is 63.2 Å². The molecule has 2 fully saturated rings. The van der Waals surface area contributed by atoms with Crippen molar-refractivity contribution in [2.45, 2.75) is 74.8 Å². The first-order chi connectivity index (χ1) is 24.1. The van der Waals surface area contributed by atoms with Crippen LogP contribution in [0.3, 0.4) is 0 Å². The lowest BCUT2D eigenvalue weighted by Gasteiger charge is -2.37. The summed E-state index contributed by atoms with van der Waals surface area (Å²) in [5, 5.41) is 17.4. The molecule has 0 radical (unpaired) electrons. The summed E-state index contributed by atoms with van der Waals surface area (Å²) in [6, 6.07) is 19.9. The molecule has 0 unspecified atom stereocenters. The number of hydrogen-bond donors (Lipinski definition) is 3. The van der Waals surface area contributed by atoms with Crippen LogP contribution in [0, 0.1) is 11.3 Å². The Labute approximate surface area is 297 Å². The van der Waals surface area contributed by atoms with Gasteiger partial charge in [-0.05, 0) is 75.0 Å². The molecule has 11 nitrogen and oxygen atoms in total. The van der Waals surface area contributed by atoms with Gasteiger partial charge in [0.15, 0.2) is 0 Å². The van der Waals surface area contributed by atoms with Crippen molar-refractivity contribution in [2.24, 2.45) is 0 Å². The summed E-state index contributed by atoms with van der Waals surface area (Å²) < 4.78 is 29.2. The molecule has 12 heteroatoms. The highest BCUT2D eigenvalue weighted by molar-refractivity contribution is 7.89. The first-order valence-corrected chi connectivity index (χ1v) is 19.3. The van der Waals surface area contributed by atoms with Crippen LogP contribution < -0.4 is 25.2 Å². The fourth-order valence-corrected chi connectivity index (χ4v) is 8.41. The molecule has 0 spiro atoms. The number of piperazine rings is 1. The van der Waals surface area contributed by atoms with Crippen LogP contribution in [-0.2, 0) is 14.8 Å². The summed E-state index contributed by atoms with van der Waals surface area (Å²) in [6.07, 6.45) is 5.00. The Bertz CT molecular complexity index is 1770. The van der Waals surface area contributed by atoms with Crippen molar-refractivity contribution in [3.8, 4) is 6.07 Å². The van der Waals surface area contributed by atoms with Gasteiger partial charge in [-0.3, -0.25) is 9.59 Å². The highest BCUT2D eigenvalue weighted by atomic mass is 32.2. The summed E-state index contributed by atoms with van der Waals surface area (Å²) in [5.74, 6) is -0.634. The number of fused-ring (bicyclic) bond motifs is 1. The Morgan fingerprint density at radius 1 is 0.920 bits per heavy atom. The number of amides is 2. The lowest BCUT2D eigenvalue weighted by Crippen LogP contribution is -2.61. The van der Waals surface area contributed by atoms with E-state index in [1.54, 1.807) is 12.1 Å². The van der Waals surface area contributed by atoms with Gasteiger partial charge in [0, 0.05) is 74.5 Å². The predicted molar refractivity (Wildman–Crippen MR) is 199 cm³/mol. The number of benzene rings is 3. The third kappa shape index (κ3) is 8.75. The van der Waals surface area contributed by atoms with E-state index in [-0.39, 0.29) is 23.3 Å². The van der Waals surface area contributed by atoms with Crippen molar-refractivity contribution in [1.82, 2.24) is 20.3 Å². The molecular formula is C38H51N7O4S. The van der Waals surface area contributed by atoms with Crippen LogP contribution in [0.15, 0.2) is 65.6 Å². The second kappa shape index (κ2) is 16.7. The minimum absolute atomic E-state index is 0.200. The maximum atomic E-state index is 13.7. The van der Waals surface area contributed by atoms with E-state index in [0.29, 0.717) is 43.1 Å². The molecule has 1 saturated carbocycles. The molecular weight excluding hydrogens is 651 g/mol. The summed E-state index contributed by atoms with van der Waals surface area (Å²) in [4.78, 5) is 34.1. The fraction of sp³-hybridized carbons (Fsp3) is 0.500. The number of carbonyl (C=O) groups is 2. The van der Waals surface area contributed by atoms with Crippen LogP contribution in [-0.4, -0.2) is 90.1 Å². The highest BCUT2D eigenvalue weighted by Crippen LogP contribution is 2.31. The SMILES string of the molecule is CCN1CCN(c2ccc(C(=O)NC3(C(=O)N[C@H](C#N)CCCCNS(=O)(=O)c4cccc5c(N(C)C)cccc45)CCCCC3)cc2)CC1. The monoisotopic (exact) mass is 701 g/mol. The molecule has 2 aliphatic rings. The fourth-order valence-electron chi connectivity index (χ4n) is 7.11. The number of nitrogens with one attached hydrogen (secondary N) is 3. The molecule has 0 aromatic heterocycles. The van der Waals surface area contributed by atoms with Crippen molar-refractivity contribution in [3.05, 3.63) is 66.2 Å². The lowest BCUT2D eigenvalue weighted by atomic mass is 9.80.